The molecule has 1 saturated heterocycles. The lowest BCUT2D eigenvalue weighted by Gasteiger charge is -2.39. The second-order valence-corrected chi connectivity index (χ2v) is 12.4. The molecular formula is C28H32Cl2N4O2. The summed E-state index contributed by atoms with van der Waals surface area (Å²) in [6.45, 7) is 7.58. The van der Waals surface area contributed by atoms with E-state index >= 15 is 0 Å². The summed E-state index contributed by atoms with van der Waals surface area (Å²) in [4.78, 5) is 32.4. The van der Waals surface area contributed by atoms with Crippen LogP contribution in [0.3, 0.4) is 0 Å². The Labute approximate surface area is 221 Å². The van der Waals surface area contributed by atoms with Crippen molar-refractivity contribution in [2.45, 2.75) is 58.5 Å². The second kappa shape index (κ2) is 9.31. The SMILES string of the molecule is CC1(C)CC2CC(C)(CN2C(=O)C(Cc2c[nH]c3ccccc23)NC(=O)Nc2ccc(Cl)cc2Cl)C1. The first kappa shape index (κ1) is 25.0. The van der Waals surface area contributed by atoms with Crippen LogP contribution in [0.2, 0.25) is 10.0 Å². The van der Waals surface area contributed by atoms with Crippen LogP contribution in [0.15, 0.2) is 48.7 Å². The number of anilines is 1. The number of fused-ring (bicyclic) bond motifs is 3. The van der Waals surface area contributed by atoms with E-state index in [1.165, 1.54) is 0 Å². The molecule has 8 heteroatoms. The molecule has 0 radical (unpaired) electrons. The van der Waals surface area contributed by atoms with E-state index in [4.69, 9.17) is 23.2 Å². The number of aromatic nitrogens is 1. The first-order valence-electron chi connectivity index (χ1n) is 12.4. The molecule has 3 N–H and O–H groups in total. The summed E-state index contributed by atoms with van der Waals surface area (Å²) < 4.78 is 0. The number of amides is 3. The molecule has 1 aliphatic carbocycles. The zero-order valence-electron chi connectivity index (χ0n) is 20.8. The van der Waals surface area contributed by atoms with Crippen LogP contribution in [0.4, 0.5) is 10.5 Å². The van der Waals surface area contributed by atoms with Gasteiger partial charge in [-0.05, 0) is 59.9 Å². The van der Waals surface area contributed by atoms with E-state index in [1.807, 2.05) is 35.4 Å². The average Bonchev–Trinajstić information content (AvgIpc) is 3.31. The van der Waals surface area contributed by atoms with Gasteiger partial charge in [0, 0.05) is 41.1 Å². The van der Waals surface area contributed by atoms with Crippen molar-refractivity contribution in [3.8, 4) is 0 Å². The number of H-pyrrole nitrogens is 1. The summed E-state index contributed by atoms with van der Waals surface area (Å²) >= 11 is 12.2. The molecule has 2 fully saturated rings. The Morgan fingerprint density at radius 1 is 1.14 bits per heavy atom. The van der Waals surface area contributed by atoms with Gasteiger partial charge in [0.25, 0.3) is 0 Å². The van der Waals surface area contributed by atoms with E-state index in [0.717, 1.165) is 42.3 Å². The van der Waals surface area contributed by atoms with Gasteiger partial charge in [0.2, 0.25) is 5.91 Å². The van der Waals surface area contributed by atoms with Gasteiger partial charge in [-0.3, -0.25) is 4.79 Å². The molecule has 2 aliphatic rings. The van der Waals surface area contributed by atoms with E-state index in [-0.39, 0.29) is 22.8 Å². The van der Waals surface area contributed by atoms with Gasteiger partial charge in [0.1, 0.15) is 6.04 Å². The maximum absolute atomic E-state index is 14.0. The molecule has 0 spiro atoms. The fraction of sp³-hybridized carbons (Fsp3) is 0.429. The number of halogens is 2. The van der Waals surface area contributed by atoms with Crippen molar-refractivity contribution in [1.29, 1.82) is 0 Å². The third kappa shape index (κ3) is 5.07. The molecular weight excluding hydrogens is 495 g/mol. The highest BCUT2D eigenvalue weighted by Crippen LogP contribution is 2.52. The zero-order chi connectivity index (χ0) is 25.7. The summed E-state index contributed by atoms with van der Waals surface area (Å²) in [5, 5.41) is 7.59. The standard InChI is InChI=1S/C28H32Cl2N4O2/c1-27(2)12-19-13-28(3,15-27)16-34(19)25(35)24(10-17-14-31-22-7-5-4-6-20(17)22)33-26(36)32-23-9-8-18(29)11-21(23)30/h4-9,11,14,19,24,31H,10,12-13,15-16H2,1-3H3,(H2,32,33,36). The first-order chi connectivity index (χ1) is 17.0. The number of hydrogen-bond acceptors (Lipinski definition) is 2. The molecule has 3 aromatic rings. The fourth-order valence-corrected chi connectivity index (χ4v) is 7.00. The predicted molar refractivity (Wildman–Crippen MR) is 146 cm³/mol. The fourth-order valence-electron chi connectivity index (χ4n) is 6.55. The van der Waals surface area contributed by atoms with Gasteiger partial charge in [-0.25, -0.2) is 4.79 Å². The smallest absolute Gasteiger partial charge is 0.319 e. The molecule has 1 aromatic heterocycles. The second-order valence-electron chi connectivity index (χ2n) is 11.5. The molecule has 2 bridgehead atoms. The van der Waals surface area contributed by atoms with Crippen molar-refractivity contribution < 1.29 is 9.59 Å². The van der Waals surface area contributed by atoms with Crippen LogP contribution in [0, 0.1) is 10.8 Å². The van der Waals surface area contributed by atoms with Crippen molar-refractivity contribution in [1.82, 2.24) is 15.2 Å². The predicted octanol–water partition coefficient (Wildman–Crippen LogP) is 6.63. The van der Waals surface area contributed by atoms with Crippen molar-refractivity contribution in [3.63, 3.8) is 0 Å². The van der Waals surface area contributed by atoms with E-state index in [0.29, 0.717) is 22.2 Å². The Kier molecular flexibility index (Phi) is 6.46. The van der Waals surface area contributed by atoms with Gasteiger partial charge in [0.05, 0.1) is 10.7 Å². The normalized spacial score (nSPS) is 23.5. The van der Waals surface area contributed by atoms with Gasteiger partial charge in [-0.15, -0.1) is 0 Å². The van der Waals surface area contributed by atoms with Crippen LogP contribution in [-0.4, -0.2) is 40.5 Å². The lowest BCUT2D eigenvalue weighted by atomic mass is 9.65. The van der Waals surface area contributed by atoms with Crippen LogP contribution in [0.1, 0.15) is 45.6 Å². The molecule has 3 atom stereocenters. The van der Waals surface area contributed by atoms with Crippen LogP contribution in [0.5, 0.6) is 0 Å². The highest BCUT2D eigenvalue weighted by molar-refractivity contribution is 6.36. The number of nitrogens with zero attached hydrogens (tertiary/aromatic N) is 1. The van der Waals surface area contributed by atoms with Crippen molar-refractivity contribution in [3.05, 3.63) is 64.3 Å². The Hall–Kier alpha value is -2.70. The quantitative estimate of drug-likeness (QED) is 0.348. The summed E-state index contributed by atoms with van der Waals surface area (Å²) in [5.41, 5.74) is 2.72. The largest absolute Gasteiger partial charge is 0.361 e. The molecule has 1 aliphatic heterocycles. The minimum atomic E-state index is -0.721. The molecule has 3 unspecified atom stereocenters. The highest BCUT2D eigenvalue weighted by Gasteiger charge is 2.51. The molecule has 190 valence electrons. The number of urea groups is 1. The van der Waals surface area contributed by atoms with Gasteiger partial charge in [0.15, 0.2) is 0 Å². The number of carbonyl (C=O) groups excluding carboxylic acids is 2. The van der Waals surface area contributed by atoms with Crippen molar-refractivity contribution >= 4 is 51.7 Å². The molecule has 2 heterocycles. The molecule has 3 amide bonds. The zero-order valence-corrected chi connectivity index (χ0v) is 22.3. The number of carbonyl (C=O) groups is 2. The Bertz CT molecular complexity index is 1320. The van der Waals surface area contributed by atoms with Gasteiger partial charge < -0.3 is 20.5 Å². The molecule has 1 saturated carbocycles. The summed E-state index contributed by atoms with van der Waals surface area (Å²) in [7, 11) is 0. The number of nitrogens with one attached hydrogen (secondary N) is 3. The number of likely N-dealkylation sites (tertiary alicyclic amines) is 1. The van der Waals surface area contributed by atoms with Gasteiger partial charge >= 0.3 is 6.03 Å². The van der Waals surface area contributed by atoms with Crippen LogP contribution in [-0.2, 0) is 11.2 Å². The number of rotatable bonds is 5. The Morgan fingerprint density at radius 2 is 1.92 bits per heavy atom. The number of aromatic amines is 1. The molecule has 6 nitrogen and oxygen atoms in total. The van der Waals surface area contributed by atoms with Crippen LogP contribution < -0.4 is 10.6 Å². The van der Waals surface area contributed by atoms with E-state index in [9.17, 15) is 9.59 Å². The van der Waals surface area contributed by atoms with Gasteiger partial charge in [-0.2, -0.15) is 0 Å². The Morgan fingerprint density at radius 3 is 2.69 bits per heavy atom. The van der Waals surface area contributed by atoms with E-state index in [1.54, 1.807) is 18.2 Å². The molecule has 36 heavy (non-hydrogen) atoms. The van der Waals surface area contributed by atoms with Crippen LogP contribution >= 0.6 is 23.2 Å². The van der Waals surface area contributed by atoms with E-state index in [2.05, 4.69) is 36.4 Å². The minimum Gasteiger partial charge on any atom is -0.361 e. The van der Waals surface area contributed by atoms with Crippen molar-refractivity contribution in [2.24, 2.45) is 10.8 Å². The summed E-state index contributed by atoms with van der Waals surface area (Å²) in [6, 6.07) is 11.8. The third-order valence-corrected chi connectivity index (χ3v) is 8.13. The molecule has 2 aromatic carbocycles. The minimum absolute atomic E-state index is 0.0379. The van der Waals surface area contributed by atoms with Crippen molar-refractivity contribution in [2.75, 3.05) is 11.9 Å². The number of hydrogen-bond donors (Lipinski definition) is 3. The third-order valence-electron chi connectivity index (χ3n) is 7.58. The van der Waals surface area contributed by atoms with E-state index < -0.39 is 12.1 Å². The number of para-hydroxylation sites is 1. The molecule has 5 rings (SSSR count). The lowest BCUT2D eigenvalue weighted by molar-refractivity contribution is -0.134. The topological polar surface area (TPSA) is 77.2 Å². The maximum atomic E-state index is 14.0. The monoisotopic (exact) mass is 526 g/mol. The highest BCUT2D eigenvalue weighted by atomic mass is 35.5. The maximum Gasteiger partial charge on any atom is 0.319 e. The van der Waals surface area contributed by atoms with Gasteiger partial charge in [-0.1, -0.05) is 62.2 Å². The number of benzene rings is 2. The summed E-state index contributed by atoms with van der Waals surface area (Å²) in [5.74, 6) is -0.0379. The summed E-state index contributed by atoms with van der Waals surface area (Å²) in [6.07, 6.45) is 5.38. The first-order valence-corrected chi connectivity index (χ1v) is 13.2. The lowest BCUT2D eigenvalue weighted by Crippen LogP contribution is -2.52. The Balaban J connectivity index is 1.40. The van der Waals surface area contributed by atoms with Crippen LogP contribution in [0.25, 0.3) is 10.9 Å². The average molecular weight is 527 g/mol.